The van der Waals surface area contributed by atoms with Crippen LogP contribution < -0.4 is 0 Å². The van der Waals surface area contributed by atoms with E-state index in [1.54, 1.807) is 0 Å². The molecule has 0 aromatic heterocycles. The zero-order chi connectivity index (χ0) is 11.1. The fourth-order valence-corrected chi connectivity index (χ4v) is 2.15. The van der Waals surface area contributed by atoms with Crippen molar-refractivity contribution in [2.45, 2.75) is 47.0 Å². The molecular weight excluding hydrogens is 172 g/mol. The minimum absolute atomic E-state index is 0.0949. The molecule has 1 nitrogen and oxygen atoms in total. The van der Waals surface area contributed by atoms with Crippen molar-refractivity contribution in [2.75, 3.05) is 0 Å². The van der Waals surface area contributed by atoms with Crippen LogP contribution in [0.15, 0.2) is 6.07 Å². The number of phenols is 1. The summed E-state index contributed by atoms with van der Waals surface area (Å²) in [6.45, 7) is 12.7. The van der Waals surface area contributed by atoms with E-state index in [1.807, 2.05) is 19.9 Å². The molecule has 1 heteroatoms. The predicted molar refractivity (Wildman–Crippen MR) is 61.0 cm³/mol. The lowest BCUT2D eigenvalue weighted by molar-refractivity contribution is 0.464. The maximum absolute atomic E-state index is 9.77. The van der Waals surface area contributed by atoms with Crippen LogP contribution in [0, 0.1) is 20.8 Å². The van der Waals surface area contributed by atoms with Gasteiger partial charge in [0.1, 0.15) is 5.75 Å². The number of hydrogen-bond donors (Lipinski definition) is 1. The monoisotopic (exact) mass is 192 g/mol. The van der Waals surface area contributed by atoms with Crippen molar-refractivity contribution in [2.24, 2.45) is 0 Å². The Bertz CT molecular complexity index is 330. The van der Waals surface area contributed by atoms with E-state index in [-0.39, 0.29) is 5.41 Å². The van der Waals surface area contributed by atoms with Crippen molar-refractivity contribution in [1.82, 2.24) is 0 Å². The van der Waals surface area contributed by atoms with E-state index >= 15 is 0 Å². The lowest BCUT2D eigenvalue weighted by Crippen LogP contribution is -2.16. The van der Waals surface area contributed by atoms with Gasteiger partial charge < -0.3 is 5.11 Å². The van der Waals surface area contributed by atoms with Crippen LogP contribution in [0.2, 0.25) is 0 Å². The van der Waals surface area contributed by atoms with Crippen molar-refractivity contribution in [3.63, 3.8) is 0 Å². The van der Waals surface area contributed by atoms with Crippen LogP contribution in [0.3, 0.4) is 0 Å². The number of aryl methyl sites for hydroxylation is 1. The molecule has 0 amide bonds. The third-order valence-electron chi connectivity index (χ3n) is 2.83. The third kappa shape index (κ3) is 1.77. The molecule has 0 saturated carbocycles. The summed E-state index contributed by atoms with van der Waals surface area (Å²) in [5, 5.41) is 9.77. The van der Waals surface area contributed by atoms with Crippen molar-refractivity contribution in [3.05, 3.63) is 28.3 Å². The molecule has 0 saturated heterocycles. The van der Waals surface area contributed by atoms with Gasteiger partial charge in [0.25, 0.3) is 0 Å². The summed E-state index contributed by atoms with van der Waals surface area (Å²) >= 11 is 0. The van der Waals surface area contributed by atoms with Gasteiger partial charge in [-0.15, -0.1) is 0 Å². The Balaban J connectivity index is 3.56. The van der Waals surface area contributed by atoms with Crippen LogP contribution in [0.4, 0.5) is 0 Å². The molecule has 0 spiro atoms. The highest BCUT2D eigenvalue weighted by Gasteiger charge is 2.21. The van der Waals surface area contributed by atoms with Gasteiger partial charge in [0.15, 0.2) is 0 Å². The molecule has 14 heavy (non-hydrogen) atoms. The van der Waals surface area contributed by atoms with E-state index in [0.717, 1.165) is 11.1 Å². The molecule has 0 atom stereocenters. The van der Waals surface area contributed by atoms with Gasteiger partial charge in [-0.25, -0.2) is 0 Å². The molecular formula is C13H20O. The highest BCUT2D eigenvalue weighted by molar-refractivity contribution is 5.50. The summed E-state index contributed by atoms with van der Waals surface area (Å²) in [5.74, 6) is 0.415. The van der Waals surface area contributed by atoms with E-state index in [2.05, 4.69) is 27.7 Å². The van der Waals surface area contributed by atoms with Crippen molar-refractivity contribution >= 4 is 0 Å². The maximum atomic E-state index is 9.77. The Morgan fingerprint density at radius 3 is 1.93 bits per heavy atom. The quantitative estimate of drug-likeness (QED) is 0.665. The van der Waals surface area contributed by atoms with E-state index in [4.69, 9.17) is 0 Å². The summed E-state index contributed by atoms with van der Waals surface area (Å²) in [7, 11) is 0. The zero-order valence-electron chi connectivity index (χ0n) is 10.0. The lowest BCUT2D eigenvalue weighted by atomic mass is 9.79. The highest BCUT2D eigenvalue weighted by Crippen LogP contribution is 2.35. The third-order valence-corrected chi connectivity index (χ3v) is 2.83. The Morgan fingerprint density at radius 1 is 1.00 bits per heavy atom. The van der Waals surface area contributed by atoms with Gasteiger partial charge in [0.05, 0.1) is 0 Å². The molecule has 0 aliphatic rings. The van der Waals surface area contributed by atoms with E-state index < -0.39 is 0 Å². The van der Waals surface area contributed by atoms with Crippen molar-refractivity contribution in [1.29, 1.82) is 0 Å². The average molecular weight is 192 g/mol. The largest absolute Gasteiger partial charge is 0.508 e. The van der Waals surface area contributed by atoms with Crippen LogP contribution in [0.1, 0.15) is 43.0 Å². The molecule has 1 N–H and O–H groups in total. The molecule has 0 fully saturated rings. The van der Waals surface area contributed by atoms with Gasteiger partial charge in [-0.3, -0.25) is 0 Å². The number of benzene rings is 1. The van der Waals surface area contributed by atoms with Gasteiger partial charge in [-0.1, -0.05) is 20.8 Å². The molecule has 1 aromatic carbocycles. The first-order valence-electron chi connectivity index (χ1n) is 5.05. The second-order valence-electron chi connectivity index (χ2n) is 5.09. The molecule has 78 valence electrons. The summed E-state index contributed by atoms with van der Waals surface area (Å²) < 4.78 is 0. The number of phenolic OH excluding ortho intramolecular Hbond substituents is 1. The minimum atomic E-state index is 0.0949. The van der Waals surface area contributed by atoms with E-state index in [1.165, 1.54) is 11.1 Å². The smallest absolute Gasteiger partial charge is 0.119 e. The Labute approximate surface area is 86.8 Å². The van der Waals surface area contributed by atoms with Crippen LogP contribution in [0.5, 0.6) is 5.75 Å². The molecule has 0 radical (unpaired) electrons. The van der Waals surface area contributed by atoms with Crippen LogP contribution in [-0.2, 0) is 5.41 Å². The summed E-state index contributed by atoms with van der Waals surface area (Å²) in [4.78, 5) is 0. The minimum Gasteiger partial charge on any atom is -0.508 e. The number of rotatable bonds is 0. The van der Waals surface area contributed by atoms with Crippen molar-refractivity contribution < 1.29 is 5.11 Å². The van der Waals surface area contributed by atoms with Gasteiger partial charge in [0.2, 0.25) is 0 Å². The van der Waals surface area contributed by atoms with Crippen LogP contribution in [0.25, 0.3) is 0 Å². The number of hydrogen-bond acceptors (Lipinski definition) is 1. The second kappa shape index (κ2) is 3.30. The van der Waals surface area contributed by atoms with Crippen LogP contribution >= 0.6 is 0 Å². The Kier molecular flexibility index (Phi) is 2.62. The molecule has 0 aliphatic heterocycles. The molecule has 0 unspecified atom stereocenters. The average Bonchev–Trinajstić information content (AvgIpc) is 1.98. The molecule has 0 heterocycles. The standard InChI is InChI=1S/C13H20O/c1-8-7-11(14)10(3)12(9(8)2)13(4,5)6/h7,14H,1-6H3. The van der Waals surface area contributed by atoms with E-state index in [0.29, 0.717) is 5.75 Å². The van der Waals surface area contributed by atoms with Gasteiger partial charge >= 0.3 is 0 Å². The van der Waals surface area contributed by atoms with Gasteiger partial charge in [-0.2, -0.15) is 0 Å². The summed E-state index contributed by atoms with van der Waals surface area (Å²) in [5.41, 5.74) is 4.85. The fraction of sp³-hybridized carbons (Fsp3) is 0.538. The van der Waals surface area contributed by atoms with Gasteiger partial charge in [-0.05, 0) is 54.5 Å². The topological polar surface area (TPSA) is 20.2 Å². The molecule has 0 bridgehead atoms. The molecule has 1 rings (SSSR count). The second-order valence-corrected chi connectivity index (χ2v) is 5.09. The summed E-state index contributed by atoms with van der Waals surface area (Å²) in [6, 6.07) is 1.85. The lowest BCUT2D eigenvalue weighted by Gasteiger charge is -2.26. The highest BCUT2D eigenvalue weighted by atomic mass is 16.3. The first-order valence-corrected chi connectivity index (χ1v) is 5.05. The predicted octanol–water partition coefficient (Wildman–Crippen LogP) is 3.61. The zero-order valence-corrected chi connectivity index (χ0v) is 10.0. The van der Waals surface area contributed by atoms with Gasteiger partial charge in [0, 0.05) is 0 Å². The molecule has 0 aliphatic carbocycles. The maximum Gasteiger partial charge on any atom is 0.119 e. The molecule has 1 aromatic rings. The first kappa shape index (κ1) is 11.1. The first-order chi connectivity index (χ1) is 6.25. The van der Waals surface area contributed by atoms with Crippen LogP contribution in [-0.4, -0.2) is 5.11 Å². The SMILES string of the molecule is Cc1cc(O)c(C)c(C(C)(C)C)c1C. The summed E-state index contributed by atoms with van der Waals surface area (Å²) in [6.07, 6.45) is 0. The fourth-order valence-electron chi connectivity index (χ4n) is 2.15. The normalized spacial score (nSPS) is 11.9. The van der Waals surface area contributed by atoms with Crippen molar-refractivity contribution in [3.8, 4) is 5.75 Å². The Morgan fingerprint density at radius 2 is 1.50 bits per heavy atom. The van der Waals surface area contributed by atoms with E-state index in [9.17, 15) is 5.11 Å². The Hall–Kier alpha value is -0.980. The number of aromatic hydroxyl groups is 1.